The SMILES string of the molecule is O=C(O)c1ccc(NC(=O)C2CCCC(C(F)(F)F)C2)s1. The van der Waals surface area contributed by atoms with Crippen molar-refractivity contribution < 1.29 is 27.9 Å². The summed E-state index contributed by atoms with van der Waals surface area (Å²) < 4.78 is 38.1. The Hall–Kier alpha value is -1.57. The summed E-state index contributed by atoms with van der Waals surface area (Å²) in [5.41, 5.74) is 0. The molecule has 1 aliphatic carbocycles. The van der Waals surface area contributed by atoms with Crippen LogP contribution in [0, 0.1) is 11.8 Å². The monoisotopic (exact) mass is 321 g/mol. The fourth-order valence-electron chi connectivity index (χ4n) is 2.47. The second kappa shape index (κ2) is 6.05. The van der Waals surface area contributed by atoms with Gasteiger partial charge in [-0.2, -0.15) is 13.2 Å². The number of anilines is 1. The number of carboxylic acid groups (broad SMARTS) is 1. The van der Waals surface area contributed by atoms with Gasteiger partial charge >= 0.3 is 12.1 Å². The fraction of sp³-hybridized carbons (Fsp3) is 0.538. The van der Waals surface area contributed by atoms with Gasteiger partial charge in [-0.05, 0) is 31.4 Å². The first-order valence-electron chi connectivity index (χ1n) is 6.48. The topological polar surface area (TPSA) is 66.4 Å². The summed E-state index contributed by atoms with van der Waals surface area (Å²) in [6.45, 7) is 0. The highest BCUT2D eigenvalue weighted by molar-refractivity contribution is 7.18. The zero-order chi connectivity index (χ0) is 15.6. The highest BCUT2D eigenvalue weighted by Crippen LogP contribution is 2.40. The van der Waals surface area contributed by atoms with Gasteiger partial charge < -0.3 is 10.4 Å². The third-order valence-electron chi connectivity index (χ3n) is 3.57. The summed E-state index contributed by atoms with van der Waals surface area (Å²) in [5.74, 6) is -3.68. The van der Waals surface area contributed by atoms with Crippen molar-refractivity contribution in [3.63, 3.8) is 0 Å². The molecular formula is C13H14F3NO3S. The van der Waals surface area contributed by atoms with Crippen molar-refractivity contribution in [3.8, 4) is 0 Å². The molecule has 1 saturated carbocycles. The van der Waals surface area contributed by atoms with Crippen LogP contribution < -0.4 is 5.32 Å². The Morgan fingerprint density at radius 1 is 1.29 bits per heavy atom. The molecule has 116 valence electrons. The smallest absolute Gasteiger partial charge is 0.391 e. The highest BCUT2D eigenvalue weighted by atomic mass is 32.1. The van der Waals surface area contributed by atoms with E-state index in [4.69, 9.17) is 5.11 Å². The summed E-state index contributed by atoms with van der Waals surface area (Å²) in [6, 6.07) is 2.79. The van der Waals surface area contributed by atoms with Gasteiger partial charge in [0.1, 0.15) is 4.88 Å². The van der Waals surface area contributed by atoms with Crippen LogP contribution in [0.3, 0.4) is 0 Å². The first-order chi connectivity index (χ1) is 9.77. The van der Waals surface area contributed by atoms with Crippen molar-refractivity contribution >= 4 is 28.2 Å². The van der Waals surface area contributed by atoms with Gasteiger partial charge in [-0.15, -0.1) is 11.3 Å². The molecule has 2 atom stereocenters. The molecule has 2 unspecified atom stereocenters. The fourth-order valence-corrected chi connectivity index (χ4v) is 3.22. The maximum atomic E-state index is 12.7. The average Bonchev–Trinajstić information content (AvgIpc) is 2.86. The molecule has 1 aromatic heterocycles. The van der Waals surface area contributed by atoms with E-state index < -0.39 is 29.9 Å². The summed E-state index contributed by atoms with van der Waals surface area (Å²) in [5, 5.41) is 11.6. The Labute approximate surface area is 123 Å². The normalized spacial score (nSPS) is 22.8. The molecule has 4 nitrogen and oxygen atoms in total. The number of hydrogen-bond donors (Lipinski definition) is 2. The van der Waals surface area contributed by atoms with Crippen LogP contribution in [0.1, 0.15) is 35.4 Å². The van der Waals surface area contributed by atoms with Crippen LogP contribution in [0.25, 0.3) is 0 Å². The lowest BCUT2D eigenvalue weighted by molar-refractivity contribution is -0.185. The third-order valence-corrected chi connectivity index (χ3v) is 4.56. The van der Waals surface area contributed by atoms with Crippen molar-refractivity contribution in [2.45, 2.75) is 31.9 Å². The largest absolute Gasteiger partial charge is 0.477 e. The molecule has 0 radical (unpaired) electrons. The van der Waals surface area contributed by atoms with Gasteiger partial charge in [0.05, 0.1) is 10.9 Å². The first-order valence-corrected chi connectivity index (χ1v) is 7.29. The van der Waals surface area contributed by atoms with Crippen LogP contribution in [0.2, 0.25) is 0 Å². The molecule has 1 fully saturated rings. The number of nitrogens with one attached hydrogen (secondary N) is 1. The quantitative estimate of drug-likeness (QED) is 0.891. The molecule has 1 heterocycles. The Kier molecular flexibility index (Phi) is 4.55. The van der Waals surface area contributed by atoms with E-state index in [0.717, 1.165) is 11.3 Å². The van der Waals surface area contributed by atoms with Crippen molar-refractivity contribution in [1.29, 1.82) is 0 Å². The van der Waals surface area contributed by atoms with Crippen molar-refractivity contribution in [2.24, 2.45) is 11.8 Å². The Bertz CT molecular complexity index is 541. The molecule has 0 aromatic carbocycles. The van der Waals surface area contributed by atoms with Crippen molar-refractivity contribution in [2.75, 3.05) is 5.32 Å². The van der Waals surface area contributed by atoms with Crippen LogP contribution in [0.5, 0.6) is 0 Å². The molecule has 1 aromatic rings. The number of hydrogen-bond acceptors (Lipinski definition) is 3. The molecule has 1 aliphatic rings. The second-order valence-electron chi connectivity index (χ2n) is 5.06. The first kappa shape index (κ1) is 15.8. The number of aromatic carboxylic acids is 1. The van der Waals surface area contributed by atoms with Gasteiger partial charge in [0.15, 0.2) is 0 Å². The molecule has 8 heteroatoms. The Balaban J connectivity index is 1.97. The molecule has 2 N–H and O–H groups in total. The molecule has 0 saturated heterocycles. The molecule has 2 rings (SSSR count). The highest BCUT2D eigenvalue weighted by Gasteiger charge is 2.43. The summed E-state index contributed by atoms with van der Waals surface area (Å²) in [4.78, 5) is 22.8. The van der Waals surface area contributed by atoms with Crippen LogP contribution >= 0.6 is 11.3 Å². The van der Waals surface area contributed by atoms with Gasteiger partial charge in [-0.25, -0.2) is 4.79 Å². The number of rotatable bonds is 3. The number of alkyl halides is 3. The van der Waals surface area contributed by atoms with E-state index >= 15 is 0 Å². The number of carboxylic acids is 1. The molecular weight excluding hydrogens is 307 g/mol. The number of amides is 1. The van der Waals surface area contributed by atoms with Crippen LogP contribution in [0.4, 0.5) is 18.2 Å². The van der Waals surface area contributed by atoms with Gasteiger partial charge in [0.25, 0.3) is 0 Å². The second-order valence-corrected chi connectivity index (χ2v) is 6.14. The minimum atomic E-state index is -4.27. The van der Waals surface area contributed by atoms with Gasteiger partial charge in [-0.1, -0.05) is 6.42 Å². The Morgan fingerprint density at radius 3 is 2.57 bits per heavy atom. The van der Waals surface area contributed by atoms with Crippen molar-refractivity contribution in [3.05, 3.63) is 17.0 Å². The van der Waals surface area contributed by atoms with Crippen molar-refractivity contribution in [1.82, 2.24) is 0 Å². The lowest BCUT2D eigenvalue weighted by atomic mass is 9.80. The minimum absolute atomic E-state index is 0.0649. The zero-order valence-corrected chi connectivity index (χ0v) is 11.8. The van der Waals surface area contributed by atoms with Gasteiger partial charge in [0, 0.05) is 5.92 Å². The zero-order valence-electron chi connectivity index (χ0n) is 10.9. The summed E-state index contributed by atoms with van der Waals surface area (Å²) in [6.07, 6.45) is -3.61. The lowest BCUT2D eigenvalue weighted by Gasteiger charge is -2.29. The van der Waals surface area contributed by atoms with E-state index in [1.165, 1.54) is 12.1 Å². The van der Waals surface area contributed by atoms with E-state index in [9.17, 15) is 22.8 Å². The molecule has 1 amide bonds. The summed E-state index contributed by atoms with van der Waals surface area (Å²) >= 11 is 0.886. The maximum absolute atomic E-state index is 12.7. The minimum Gasteiger partial charge on any atom is -0.477 e. The van der Waals surface area contributed by atoms with E-state index in [0.29, 0.717) is 17.8 Å². The summed E-state index contributed by atoms with van der Waals surface area (Å²) in [7, 11) is 0. The number of halogens is 3. The van der Waals surface area contributed by atoms with E-state index in [1.54, 1.807) is 0 Å². The predicted molar refractivity (Wildman–Crippen MR) is 71.4 cm³/mol. The number of carbonyl (C=O) groups is 2. The standard InChI is InChI=1S/C13H14F3NO3S/c14-13(15,16)8-3-1-2-7(6-8)11(18)17-10-5-4-9(21-10)12(19)20/h4-5,7-8H,1-3,6H2,(H,17,18)(H,19,20). The molecule has 0 spiro atoms. The van der Waals surface area contributed by atoms with E-state index in [2.05, 4.69) is 5.32 Å². The van der Waals surface area contributed by atoms with E-state index in [1.807, 2.05) is 0 Å². The molecule has 0 bridgehead atoms. The van der Waals surface area contributed by atoms with Crippen LogP contribution in [-0.2, 0) is 4.79 Å². The van der Waals surface area contributed by atoms with Crippen LogP contribution in [-0.4, -0.2) is 23.2 Å². The van der Waals surface area contributed by atoms with E-state index in [-0.39, 0.29) is 17.7 Å². The molecule has 0 aliphatic heterocycles. The number of carbonyl (C=O) groups excluding carboxylic acids is 1. The molecule has 21 heavy (non-hydrogen) atoms. The lowest BCUT2D eigenvalue weighted by Crippen LogP contribution is -2.34. The maximum Gasteiger partial charge on any atom is 0.391 e. The average molecular weight is 321 g/mol. The predicted octanol–water partition coefficient (Wildman–Crippen LogP) is 3.75. The Morgan fingerprint density at radius 2 is 2.00 bits per heavy atom. The number of thiophene rings is 1. The van der Waals surface area contributed by atoms with Gasteiger partial charge in [0.2, 0.25) is 5.91 Å². The van der Waals surface area contributed by atoms with Crippen LogP contribution in [0.15, 0.2) is 12.1 Å². The third kappa shape index (κ3) is 3.96. The van der Waals surface area contributed by atoms with Gasteiger partial charge in [-0.3, -0.25) is 4.79 Å².